The molecule has 0 spiro atoms. The molecule has 1 heterocycles. The zero-order valence-electron chi connectivity index (χ0n) is 24.2. The number of halogens is 9. The normalized spacial score (nSPS) is 12.1. The van der Waals surface area contributed by atoms with Gasteiger partial charge >= 0.3 is 24.5 Å². The summed E-state index contributed by atoms with van der Waals surface area (Å²) in [5, 5.41) is 13.7. The second-order valence-corrected chi connectivity index (χ2v) is 10.3. The van der Waals surface area contributed by atoms with E-state index in [-0.39, 0.29) is 36.0 Å². The van der Waals surface area contributed by atoms with Crippen LogP contribution in [0.25, 0.3) is 22.3 Å². The van der Waals surface area contributed by atoms with Crippen molar-refractivity contribution in [2.45, 2.75) is 38.4 Å². The first-order chi connectivity index (χ1) is 21.8. The molecule has 1 aromatic heterocycles. The minimum absolute atomic E-state index is 0.00862. The molecule has 248 valence electrons. The molecule has 0 aliphatic rings. The lowest BCUT2D eigenvalue weighted by Crippen LogP contribution is -2.26. The highest BCUT2D eigenvalue weighted by molar-refractivity contribution is 5.92. The fourth-order valence-electron chi connectivity index (χ4n) is 4.72. The van der Waals surface area contributed by atoms with E-state index in [2.05, 4.69) is 15.6 Å². The maximum absolute atomic E-state index is 14.2. The molecule has 0 atom stereocenters. The first-order valence-electron chi connectivity index (χ1n) is 13.6. The van der Waals surface area contributed by atoms with Crippen LogP contribution in [0.5, 0.6) is 0 Å². The Morgan fingerprint density at radius 3 is 1.91 bits per heavy atom. The standard InChI is InChI=1S/C32H24F9N3O3/c1-17-12-20(30(33,34)35)5-8-23(17)18-2-6-22(7-3-18)43-16-25-24(13-21(31(36,37)38)14-26(25)32(39,40)41)19-4-9-27(44-15-19)29(47)42-11-10-28(45)46/h2-9,12-15,43H,10-11,16H2,1H3,(H,42,47)(H,45,46). The van der Waals surface area contributed by atoms with Crippen LogP contribution in [0.3, 0.4) is 0 Å². The summed E-state index contributed by atoms with van der Waals surface area (Å²) in [6.07, 6.45) is -14.3. The molecule has 4 rings (SSSR count). The molecular weight excluding hydrogens is 645 g/mol. The Balaban J connectivity index is 1.67. The Bertz CT molecular complexity index is 1770. The third-order valence-electron chi connectivity index (χ3n) is 7.03. The minimum atomic E-state index is -5.20. The van der Waals surface area contributed by atoms with Crippen molar-refractivity contribution in [3.8, 4) is 22.3 Å². The highest BCUT2D eigenvalue weighted by Crippen LogP contribution is 2.42. The van der Waals surface area contributed by atoms with Gasteiger partial charge in [0.1, 0.15) is 5.69 Å². The smallest absolute Gasteiger partial charge is 0.416 e. The summed E-state index contributed by atoms with van der Waals surface area (Å²) in [7, 11) is 0. The number of aryl methyl sites for hydroxylation is 1. The Morgan fingerprint density at radius 2 is 1.38 bits per heavy atom. The third kappa shape index (κ3) is 8.60. The van der Waals surface area contributed by atoms with Crippen LogP contribution < -0.4 is 10.6 Å². The molecule has 3 aromatic carbocycles. The lowest BCUT2D eigenvalue weighted by Gasteiger charge is -2.21. The Morgan fingerprint density at radius 1 is 0.745 bits per heavy atom. The number of hydrogen-bond donors (Lipinski definition) is 3. The Kier molecular flexibility index (Phi) is 9.87. The fraction of sp³-hybridized carbons (Fsp3) is 0.219. The zero-order valence-corrected chi connectivity index (χ0v) is 24.2. The molecule has 0 saturated heterocycles. The number of nitrogens with zero attached hydrogens (tertiary/aromatic N) is 1. The van der Waals surface area contributed by atoms with Crippen LogP contribution in [0.1, 0.15) is 44.7 Å². The zero-order chi connectivity index (χ0) is 34.7. The Labute approximate surface area is 261 Å². The van der Waals surface area contributed by atoms with E-state index in [0.717, 1.165) is 30.5 Å². The van der Waals surface area contributed by atoms with E-state index < -0.39 is 64.8 Å². The van der Waals surface area contributed by atoms with Crippen molar-refractivity contribution in [2.75, 3.05) is 11.9 Å². The maximum Gasteiger partial charge on any atom is 0.416 e. The molecule has 1 amide bonds. The summed E-state index contributed by atoms with van der Waals surface area (Å²) >= 11 is 0. The molecule has 0 aliphatic carbocycles. The van der Waals surface area contributed by atoms with Crippen molar-refractivity contribution in [2.24, 2.45) is 0 Å². The number of nitrogens with one attached hydrogen (secondary N) is 2. The van der Waals surface area contributed by atoms with Gasteiger partial charge < -0.3 is 15.7 Å². The quantitative estimate of drug-likeness (QED) is 0.155. The molecule has 6 nitrogen and oxygen atoms in total. The molecule has 4 aromatic rings. The first-order valence-corrected chi connectivity index (χ1v) is 13.6. The number of amides is 1. The number of anilines is 1. The van der Waals surface area contributed by atoms with E-state index in [1.54, 1.807) is 0 Å². The van der Waals surface area contributed by atoms with Gasteiger partial charge in [-0.05, 0) is 77.2 Å². The number of rotatable bonds is 9. The lowest BCUT2D eigenvalue weighted by atomic mass is 9.92. The second-order valence-electron chi connectivity index (χ2n) is 10.3. The summed E-state index contributed by atoms with van der Waals surface area (Å²) in [6.45, 7) is 0.661. The summed E-state index contributed by atoms with van der Waals surface area (Å²) in [5.74, 6) is -1.97. The molecule has 0 radical (unpaired) electrons. The summed E-state index contributed by atoms with van der Waals surface area (Å²) in [5.41, 5.74) is -3.74. The number of alkyl halides is 9. The van der Waals surface area contributed by atoms with Gasteiger partial charge in [0.2, 0.25) is 0 Å². The highest BCUT2D eigenvalue weighted by atomic mass is 19.4. The summed E-state index contributed by atoms with van der Waals surface area (Å²) < 4.78 is 123. The SMILES string of the molecule is Cc1cc(C(F)(F)F)ccc1-c1ccc(NCc2c(-c3ccc(C(=O)NCCC(=O)O)nc3)cc(C(F)(F)F)cc2C(F)(F)F)cc1. The van der Waals surface area contributed by atoms with Gasteiger partial charge in [-0.25, -0.2) is 0 Å². The van der Waals surface area contributed by atoms with Crippen LogP contribution >= 0.6 is 0 Å². The monoisotopic (exact) mass is 669 g/mol. The third-order valence-corrected chi connectivity index (χ3v) is 7.03. The topological polar surface area (TPSA) is 91.3 Å². The van der Waals surface area contributed by atoms with Crippen molar-refractivity contribution in [3.63, 3.8) is 0 Å². The molecule has 15 heteroatoms. The average Bonchev–Trinajstić information content (AvgIpc) is 2.98. The van der Waals surface area contributed by atoms with E-state index in [9.17, 15) is 49.1 Å². The van der Waals surface area contributed by atoms with Crippen LogP contribution in [-0.4, -0.2) is 28.5 Å². The molecule has 3 N–H and O–H groups in total. The van der Waals surface area contributed by atoms with Crippen molar-refractivity contribution < 1.29 is 54.2 Å². The fourth-order valence-corrected chi connectivity index (χ4v) is 4.72. The van der Waals surface area contributed by atoms with Gasteiger partial charge in [0.05, 0.1) is 23.1 Å². The first kappa shape index (κ1) is 34.8. The van der Waals surface area contributed by atoms with Gasteiger partial charge in [-0.1, -0.05) is 24.3 Å². The number of aliphatic carboxylic acids is 1. The summed E-state index contributed by atoms with van der Waals surface area (Å²) in [6, 6.07) is 11.9. The number of carbonyl (C=O) groups is 2. The molecule has 0 saturated carbocycles. The van der Waals surface area contributed by atoms with Crippen LogP contribution in [0.4, 0.5) is 45.2 Å². The number of carboxylic acid groups (broad SMARTS) is 1. The molecule has 0 unspecified atom stereocenters. The van der Waals surface area contributed by atoms with Gasteiger partial charge in [-0.2, -0.15) is 39.5 Å². The number of aromatic nitrogens is 1. The maximum atomic E-state index is 14.2. The number of pyridine rings is 1. The Hall–Kier alpha value is -5.08. The van der Waals surface area contributed by atoms with Gasteiger partial charge in [-0.15, -0.1) is 0 Å². The van der Waals surface area contributed by atoms with Crippen molar-refractivity contribution in [1.29, 1.82) is 0 Å². The second kappa shape index (κ2) is 13.3. The average molecular weight is 670 g/mol. The molecule has 0 aliphatic heterocycles. The highest BCUT2D eigenvalue weighted by Gasteiger charge is 2.39. The molecule has 0 fully saturated rings. The molecular formula is C32H24F9N3O3. The predicted molar refractivity (Wildman–Crippen MR) is 153 cm³/mol. The number of carboxylic acids is 1. The van der Waals surface area contributed by atoms with Gasteiger partial charge in [0.25, 0.3) is 5.91 Å². The van der Waals surface area contributed by atoms with Gasteiger partial charge in [-0.3, -0.25) is 14.6 Å². The minimum Gasteiger partial charge on any atom is -0.481 e. The molecule has 47 heavy (non-hydrogen) atoms. The van der Waals surface area contributed by atoms with Crippen molar-refractivity contribution in [3.05, 3.63) is 106 Å². The van der Waals surface area contributed by atoms with Crippen LogP contribution in [0.15, 0.2) is 72.9 Å². The van der Waals surface area contributed by atoms with Crippen molar-refractivity contribution >= 4 is 17.6 Å². The van der Waals surface area contributed by atoms with Crippen molar-refractivity contribution in [1.82, 2.24) is 10.3 Å². The number of carbonyl (C=O) groups excluding carboxylic acids is 1. The van der Waals surface area contributed by atoms with E-state index in [4.69, 9.17) is 5.11 Å². The number of hydrogen-bond acceptors (Lipinski definition) is 4. The number of benzene rings is 3. The predicted octanol–water partition coefficient (Wildman–Crippen LogP) is 8.60. The largest absolute Gasteiger partial charge is 0.481 e. The summed E-state index contributed by atoms with van der Waals surface area (Å²) in [4.78, 5) is 26.7. The van der Waals surface area contributed by atoms with Crippen LogP contribution in [-0.2, 0) is 29.9 Å². The van der Waals surface area contributed by atoms with Crippen LogP contribution in [0, 0.1) is 6.92 Å². The van der Waals surface area contributed by atoms with Crippen LogP contribution in [0.2, 0.25) is 0 Å². The van der Waals surface area contributed by atoms with E-state index in [0.29, 0.717) is 22.8 Å². The van der Waals surface area contributed by atoms with Gasteiger partial charge in [0, 0.05) is 30.5 Å². The van der Waals surface area contributed by atoms with E-state index in [1.807, 2.05) is 0 Å². The van der Waals surface area contributed by atoms with Gasteiger partial charge in [0.15, 0.2) is 0 Å². The lowest BCUT2D eigenvalue weighted by molar-refractivity contribution is -0.143. The van der Waals surface area contributed by atoms with E-state index >= 15 is 0 Å². The van der Waals surface area contributed by atoms with E-state index in [1.165, 1.54) is 37.3 Å². The molecule has 0 bridgehead atoms.